The summed E-state index contributed by atoms with van der Waals surface area (Å²) in [5, 5.41) is 14.6. The summed E-state index contributed by atoms with van der Waals surface area (Å²) in [6.45, 7) is 2.03. The molecule has 2 aliphatic heterocycles. The number of ether oxygens (including phenoxy) is 1. The van der Waals surface area contributed by atoms with E-state index in [9.17, 15) is 14.7 Å². The van der Waals surface area contributed by atoms with E-state index in [1.54, 1.807) is 11.3 Å². The molecular formula is C16H16N2O4S2. The Morgan fingerprint density at radius 1 is 1.29 bits per heavy atom. The maximum atomic E-state index is 12.6. The number of aryl methyl sites for hydroxylation is 1. The number of nitrogens with zero attached hydrogens (tertiary/aromatic N) is 1. The molecule has 4 atom stereocenters. The third-order valence-corrected chi connectivity index (χ3v) is 6.37. The van der Waals surface area contributed by atoms with Gasteiger partial charge in [-0.15, -0.1) is 22.7 Å². The van der Waals surface area contributed by atoms with E-state index in [1.165, 1.54) is 16.2 Å². The van der Waals surface area contributed by atoms with Gasteiger partial charge in [-0.05, 0) is 31.9 Å². The number of amides is 1. The number of carbonyl (C=O) groups is 2. The molecule has 2 aromatic heterocycles. The van der Waals surface area contributed by atoms with Gasteiger partial charge in [-0.3, -0.25) is 9.59 Å². The summed E-state index contributed by atoms with van der Waals surface area (Å²) in [6.07, 6.45) is 0.814. The summed E-state index contributed by atoms with van der Waals surface area (Å²) in [5.41, 5.74) is 0.826. The van der Waals surface area contributed by atoms with Crippen LogP contribution in [0.1, 0.15) is 17.7 Å². The van der Waals surface area contributed by atoms with Crippen molar-refractivity contribution in [3.63, 3.8) is 0 Å². The van der Waals surface area contributed by atoms with Crippen molar-refractivity contribution in [2.45, 2.75) is 32.0 Å². The number of nitrogens with one attached hydrogen (secondary N) is 1. The SMILES string of the molecule is Cc1ccc(-c2csc(NC(=O)[C@@H]3[C@H](C(=O)O)[C@H]4CC[C@H]3O4)n2)s1. The zero-order valence-electron chi connectivity index (χ0n) is 12.9. The monoisotopic (exact) mass is 364 g/mol. The Morgan fingerprint density at radius 3 is 2.71 bits per heavy atom. The molecule has 4 heterocycles. The van der Waals surface area contributed by atoms with E-state index in [1.807, 2.05) is 24.4 Å². The van der Waals surface area contributed by atoms with Gasteiger partial charge in [0, 0.05) is 10.3 Å². The average molecular weight is 364 g/mol. The number of aliphatic carboxylic acids is 1. The Hall–Kier alpha value is -1.77. The molecule has 0 aromatic carbocycles. The van der Waals surface area contributed by atoms with Crippen LogP contribution >= 0.6 is 22.7 Å². The molecule has 0 unspecified atom stereocenters. The van der Waals surface area contributed by atoms with Gasteiger partial charge in [-0.2, -0.15) is 0 Å². The van der Waals surface area contributed by atoms with Crippen molar-refractivity contribution in [2.24, 2.45) is 11.8 Å². The first-order valence-corrected chi connectivity index (χ1v) is 9.44. The third-order valence-electron chi connectivity index (χ3n) is 4.59. The van der Waals surface area contributed by atoms with Crippen molar-refractivity contribution >= 4 is 39.7 Å². The molecule has 2 saturated heterocycles. The normalized spacial score (nSPS) is 28.2. The maximum Gasteiger partial charge on any atom is 0.310 e. The van der Waals surface area contributed by atoms with Gasteiger partial charge < -0.3 is 15.2 Å². The lowest BCUT2D eigenvalue weighted by Gasteiger charge is -2.23. The Bertz CT molecular complexity index is 800. The Balaban J connectivity index is 1.50. The van der Waals surface area contributed by atoms with E-state index < -0.39 is 17.8 Å². The van der Waals surface area contributed by atoms with Gasteiger partial charge in [0.2, 0.25) is 5.91 Å². The first kappa shape index (κ1) is 15.7. The van der Waals surface area contributed by atoms with Crippen LogP contribution in [0, 0.1) is 18.8 Å². The van der Waals surface area contributed by atoms with Crippen LogP contribution in [-0.4, -0.2) is 34.2 Å². The van der Waals surface area contributed by atoms with Crippen LogP contribution in [0.25, 0.3) is 10.6 Å². The molecular weight excluding hydrogens is 348 g/mol. The molecule has 8 heteroatoms. The van der Waals surface area contributed by atoms with Gasteiger partial charge in [0.25, 0.3) is 0 Å². The molecule has 2 aromatic rings. The number of hydrogen-bond donors (Lipinski definition) is 2. The summed E-state index contributed by atoms with van der Waals surface area (Å²) >= 11 is 2.99. The van der Waals surface area contributed by atoms with Crippen LogP contribution in [0.5, 0.6) is 0 Å². The molecule has 2 aliphatic rings. The van der Waals surface area contributed by atoms with E-state index in [4.69, 9.17) is 4.74 Å². The smallest absolute Gasteiger partial charge is 0.310 e. The predicted molar refractivity (Wildman–Crippen MR) is 91.3 cm³/mol. The van der Waals surface area contributed by atoms with Crippen molar-refractivity contribution in [1.29, 1.82) is 0 Å². The second kappa shape index (κ2) is 5.94. The highest BCUT2D eigenvalue weighted by Gasteiger charge is 2.55. The first-order chi connectivity index (χ1) is 11.5. The van der Waals surface area contributed by atoms with Crippen molar-refractivity contribution < 1.29 is 19.4 Å². The van der Waals surface area contributed by atoms with E-state index in [-0.39, 0.29) is 18.1 Å². The molecule has 2 bridgehead atoms. The molecule has 4 rings (SSSR count). The molecule has 0 spiro atoms. The van der Waals surface area contributed by atoms with Gasteiger partial charge in [0.1, 0.15) is 0 Å². The van der Waals surface area contributed by atoms with Crippen LogP contribution in [-0.2, 0) is 14.3 Å². The number of aromatic nitrogens is 1. The molecule has 0 saturated carbocycles. The first-order valence-electron chi connectivity index (χ1n) is 7.74. The highest BCUT2D eigenvalue weighted by atomic mass is 32.1. The average Bonchev–Trinajstić information content (AvgIpc) is 3.29. The molecule has 0 aliphatic carbocycles. The predicted octanol–water partition coefficient (Wildman–Crippen LogP) is 3.00. The van der Waals surface area contributed by atoms with Crippen molar-refractivity contribution in [2.75, 3.05) is 5.32 Å². The Labute approximate surface area is 146 Å². The number of carboxylic acid groups (broad SMARTS) is 1. The van der Waals surface area contributed by atoms with Crippen molar-refractivity contribution in [3.8, 4) is 10.6 Å². The number of thiophene rings is 1. The van der Waals surface area contributed by atoms with Crippen LogP contribution in [0.2, 0.25) is 0 Å². The van der Waals surface area contributed by atoms with Gasteiger partial charge in [-0.25, -0.2) is 4.98 Å². The second-order valence-electron chi connectivity index (χ2n) is 6.12. The fourth-order valence-electron chi connectivity index (χ4n) is 3.53. The lowest BCUT2D eigenvalue weighted by Crippen LogP contribution is -2.40. The number of anilines is 1. The van der Waals surface area contributed by atoms with Crippen molar-refractivity contribution in [3.05, 3.63) is 22.4 Å². The minimum Gasteiger partial charge on any atom is -0.481 e. The van der Waals surface area contributed by atoms with Crippen molar-refractivity contribution in [1.82, 2.24) is 4.98 Å². The highest BCUT2D eigenvalue weighted by Crippen LogP contribution is 2.44. The summed E-state index contributed by atoms with van der Waals surface area (Å²) in [4.78, 5) is 30.8. The zero-order chi connectivity index (χ0) is 16.8. The van der Waals surface area contributed by atoms with Crippen LogP contribution in [0.15, 0.2) is 17.5 Å². The third kappa shape index (κ3) is 2.64. The summed E-state index contributed by atoms with van der Waals surface area (Å²) in [6, 6.07) is 4.03. The van der Waals surface area contributed by atoms with Gasteiger partial charge in [0.15, 0.2) is 5.13 Å². The topological polar surface area (TPSA) is 88.5 Å². The molecule has 2 fully saturated rings. The number of thiazole rings is 1. The van der Waals surface area contributed by atoms with E-state index in [0.717, 1.165) is 17.0 Å². The maximum absolute atomic E-state index is 12.6. The Kier molecular flexibility index (Phi) is 3.90. The standard InChI is InChI=1S/C16H16N2O4S2/c1-7-2-5-11(24-7)8-6-23-16(17-8)18-14(19)12-9-3-4-10(22-9)13(12)15(20)21/h2,5-6,9-10,12-13H,3-4H2,1H3,(H,20,21)(H,17,18,19)/t9-,10-,12+,13-/m1/s1. The molecule has 1 amide bonds. The van der Waals surface area contributed by atoms with Gasteiger partial charge in [-0.1, -0.05) is 0 Å². The molecule has 2 N–H and O–H groups in total. The quantitative estimate of drug-likeness (QED) is 0.871. The summed E-state index contributed by atoms with van der Waals surface area (Å²) in [7, 11) is 0. The molecule has 0 radical (unpaired) electrons. The molecule has 6 nitrogen and oxygen atoms in total. The number of carboxylic acids is 1. The minimum atomic E-state index is -0.962. The second-order valence-corrected chi connectivity index (χ2v) is 8.26. The number of carbonyl (C=O) groups excluding carboxylic acids is 1. The van der Waals surface area contributed by atoms with Crippen LogP contribution < -0.4 is 5.32 Å². The molecule has 24 heavy (non-hydrogen) atoms. The zero-order valence-corrected chi connectivity index (χ0v) is 14.5. The Morgan fingerprint density at radius 2 is 2.04 bits per heavy atom. The molecule has 126 valence electrons. The number of hydrogen-bond acceptors (Lipinski definition) is 6. The fourth-order valence-corrected chi connectivity index (χ4v) is 5.15. The summed E-state index contributed by atoms with van der Waals surface area (Å²) < 4.78 is 5.64. The minimum absolute atomic E-state index is 0.296. The van der Waals surface area contributed by atoms with Gasteiger partial charge in [0.05, 0.1) is 34.6 Å². The van der Waals surface area contributed by atoms with E-state index in [0.29, 0.717) is 11.6 Å². The van der Waals surface area contributed by atoms with Gasteiger partial charge >= 0.3 is 5.97 Å². The highest BCUT2D eigenvalue weighted by molar-refractivity contribution is 7.17. The number of fused-ring (bicyclic) bond motifs is 2. The van der Waals surface area contributed by atoms with E-state index >= 15 is 0 Å². The van der Waals surface area contributed by atoms with Crippen LogP contribution in [0.3, 0.4) is 0 Å². The fraction of sp³-hybridized carbons (Fsp3) is 0.438. The van der Waals surface area contributed by atoms with E-state index in [2.05, 4.69) is 10.3 Å². The lowest BCUT2D eigenvalue weighted by molar-refractivity contribution is -0.147. The van der Waals surface area contributed by atoms with Crippen LogP contribution in [0.4, 0.5) is 5.13 Å². The largest absolute Gasteiger partial charge is 0.481 e. The summed E-state index contributed by atoms with van der Waals surface area (Å²) in [5.74, 6) is -2.67. The lowest BCUT2D eigenvalue weighted by atomic mass is 9.79. The number of rotatable bonds is 4.